The third-order valence-corrected chi connectivity index (χ3v) is 3.35. The molecule has 0 aromatic heterocycles. The highest BCUT2D eigenvalue weighted by Gasteiger charge is 2.44. The fourth-order valence-electron chi connectivity index (χ4n) is 2.02. The van der Waals surface area contributed by atoms with Crippen molar-refractivity contribution in [2.75, 3.05) is 6.61 Å². The van der Waals surface area contributed by atoms with Crippen LogP contribution in [-0.2, 0) is 4.74 Å². The van der Waals surface area contributed by atoms with Crippen LogP contribution in [0.3, 0.4) is 0 Å². The quantitative estimate of drug-likeness (QED) is 0.477. The summed E-state index contributed by atoms with van der Waals surface area (Å²) in [7, 11) is 0. The highest BCUT2D eigenvalue weighted by atomic mass is 16.7. The molecule has 2 unspecified atom stereocenters. The summed E-state index contributed by atoms with van der Waals surface area (Å²) < 4.78 is 10.6. The lowest BCUT2D eigenvalue weighted by molar-refractivity contribution is -0.277. The van der Waals surface area contributed by atoms with Crippen molar-refractivity contribution in [1.29, 1.82) is 0 Å². The summed E-state index contributed by atoms with van der Waals surface area (Å²) in [5, 5.41) is 47.8. The van der Waals surface area contributed by atoms with Crippen molar-refractivity contribution >= 4 is 0 Å². The maximum absolute atomic E-state index is 9.84. The fraction of sp³-hybridized carbons (Fsp3) is 0.538. The molecule has 5 N–H and O–H groups in total. The zero-order valence-corrected chi connectivity index (χ0v) is 10.9. The van der Waals surface area contributed by atoms with Crippen molar-refractivity contribution in [2.45, 2.75) is 37.6 Å². The minimum absolute atomic E-state index is 0.0205. The molecule has 0 saturated carbocycles. The van der Waals surface area contributed by atoms with Crippen LogP contribution in [0.2, 0.25) is 0 Å². The number of hydrogen-bond donors (Lipinski definition) is 5. The van der Waals surface area contributed by atoms with E-state index in [9.17, 15) is 20.4 Å². The number of phenols is 1. The van der Waals surface area contributed by atoms with Crippen molar-refractivity contribution in [3.05, 3.63) is 23.8 Å². The first-order chi connectivity index (χ1) is 9.45. The average Bonchev–Trinajstić information content (AvgIpc) is 2.44. The largest absolute Gasteiger partial charge is 0.508 e. The van der Waals surface area contributed by atoms with Gasteiger partial charge in [0.2, 0.25) is 6.29 Å². The van der Waals surface area contributed by atoms with E-state index in [-0.39, 0.29) is 11.5 Å². The molecule has 1 aliphatic rings. The standard InChI is InChI=1S/C13H18O7/c1-6-7(15)3-2-4-8(6)19-13-12(18)11(17)10(16)9(5-14)20-13/h2-4,9-18H,5H2,1H3/t9?,10-,11+,12?,13-/m1/s1. The Morgan fingerprint density at radius 3 is 2.50 bits per heavy atom. The Morgan fingerprint density at radius 2 is 1.85 bits per heavy atom. The molecule has 1 saturated heterocycles. The SMILES string of the molecule is Cc1c(O)cccc1O[C@@H]1OC(CO)[C@@H](O)[C@H](O)C1O. The van der Waals surface area contributed by atoms with Gasteiger partial charge in [-0.1, -0.05) is 6.07 Å². The Morgan fingerprint density at radius 1 is 1.15 bits per heavy atom. The second-order valence-electron chi connectivity index (χ2n) is 4.72. The molecule has 7 nitrogen and oxygen atoms in total. The number of phenolic OH excluding ortho intramolecular Hbond substituents is 1. The minimum Gasteiger partial charge on any atom is -0.508 e. The van der Waals surface area contributed by atoms with Crippen molar-refractivity contribution in [3.63, 3.8) is 0 Å². The number of benzene rings is 1. The van der Waals surface area contributed by atoms with Gasteiger partial charge in [-0.2, -0.15) is 0 Å². The van der Waals surface area contributed by atoms with Crippen molar-refractivity contribution < 1.29 is 35.0 Å². The van der Waals surface area contributed by atoms with Crippen LogP contribution < -0.4 is 4.74 Å². The summed E-state index contributed by atoms with van der Waals surface area (Å²) in [6.45, 7) is 1.10. The van der Waals surface area contributed by atoms with E-state index in [1.165, 1.54) is 6.07 Å². The molecule has 1 aromatic rings. The van der Waals surface area contributed by atoms with Gasteiger partial charge in [-0.15, -0.1) is 0 Å². The van der Waals surface area contributed by atoms with Crippen LogP contribution in [0, 0.1) is 6.92 Å². The second-order valence-corrected chi connectivity index (χ2v) is 4.72. The maximum atomic E-state index is 9.84. The van der Waals surface area contributed by atoms with Gasteiger partial charge in [0.25, 0.3) is 0 Å². The highest BCUT2D eigenvalue weighted by molar-refractivity contribution is 5.42. The smallest absolute Gasteiger partial charge is 0.229 e. The molecule has 0 aliphatic carbocycles. The van der Waals surface area contributed by atoms with Crippen LogP contribution in [0.5, 0.6) is 11.5 Å². The molecule has 5 atom stereocenters. The minimum atomic E-state index is -1.50. The van der Waals surface area contributed by atoms with Gasteiger partial charge >= 0.3 is 0 Å². The van der Waals surface area contributed by atoms with Crippen LogP contribution >= 0.6 is 0 Å². The van der Waals surface area contributed by atoms with Crippen LogP contribution in [-0.4, -0.2) is 62.8 Å². The molecule has 0 bridgehead atoms. The summed E-state index contributed by atoms with van der Waals surface area (Å²) in [6, 6.07) is 4.60. The van der Waals surface area contributed by atoms with E-state index < -0.39 is 37.3 Å². The zero-order chi connectivity index (χ0) is 14.9. The van der Waals surface area contributed by atoms with E-state index in [1.807, 2.05) is 0 Å². The molecule has 1 aliphatic heterocycles. The molecule has 112 valence electrons. The van der Waals surface area contributed by atoms with Gasteiger partial charge in [-0.3, -0.25) is 0 Å². The van der Waals surface area contributed by atoms with Crippen molar-refractivity contribution in [2.24, 2.45) is 0 Å². The molecule has 7 heteroatoms. The first kappa shape index (κ1) is 15.0. The third-order valence-electron chi connectivity index (χ3n) is 3.35. The second kappa shape index (κ2) is 5.94. The van der Waals surface area contributed by atoms with E-state index in [2.05, 4.69) is 0 Å². The van der Waals surface area contributed by atoms with Gasteiger partial charge in [0.1, 0.15) is 35.9 Å². The van der Waals surface area contributed by atoms with E-state index >= 15 is 0 Å². The molecule has 0 amide bonds. The summed E-state index contributed by atoms with van der Waals surface area (Å²) in [6.07, 6.45) is -6.69. The van der Waals surface area contributed by atoms with Gasteiger partial charge < -0.3 is 35.0 Å². The number of aromatic hydroxyl groups is 1. The number of rotatable bonds is 3. The van der Waals surface area contributed by atoms with E-state index in [0.29, 0.717) is 5.56 Å². The van der Waals surface area contributed by atoms with Crippen LogP contribution in [0.4, 0.5) is 0 Å². The lowest BCUT2D eigenvalue weighted by Gasteiger charge is -2.39. The van der Waals surface area contributed by atoms with Crippen LogP contribution in [0.1, 0.15) is 5.56 Å². The first-order valence-corrected chi connectivity index (χ1v) is 6.21. The Bertz CT molecular complexity index is 462. The van der Waals surface area contributed by atoms with Crippen molar-refractivity contribution in [1.82, 2.24) is 0 Å². The molecule has 1 aromatic carbocycles. The topological polar surface area (TPSA) is 120 Å². The van der Waals surface area contributed by atoms with E-state index in [0.717, 1.165) is 0 Å². The Balaban J connectivity index is 2.17. The molecular weight excluding hydrogens is 268 g/mol. The lowest BCUT2D eigenvalue weighted by atomic mass is 9.99. The molecular formula is C13H18O7. The normalized spacial score (nSPS) is 34.0. The predicted octanol–water partition coefficient (Wildman–Crippen LogP) is -1.12. The predicted molar refractivity (Wildman–Crippen MR) is 67.2 cm³/mol. The first-order valence-electron chi connectivity index (χ1n) is 6.21. The molecule has 2 rings (SSSR count). The number of hydrogen-bond acceptors (Lipinski definition) is 7. The van der Waals surface area contributed by atoms with Gasteiger partial charge in [0.15, 0.2) is 0 Å². The van der Waals surface area contributed by atoms with Crippen LogP contribution in [0.25, 0.3) is 0 Å². The van der Waals surface area contributed by atoms with Crippen LogP contribution in [0.15, 0.2) is 18.2 Å². The Kier molecular flexibility index (Phi) is 4.46. The maximum Gasteiger partial charge on any atom is 0.229 e. The van der Waals surface area contributed by atoms with Gasteiger partial charge in [-0.25, -0.2) is 0 Å². The molecule has 20 heavy (non-hydrogen) atoms. The molecule has 1 heterocycles. The van der Waals surface area contributed by atoms with E-state index in [1.54, 1.807) is 19.1 Å². The lowest BCUT2D eigenvalue weighted by Crippen LogP contribution is -2.60. The summed E-state index contributed by atoms with van der Waals surface area (Å²) in [5.74, 6) is 0.293. The number of aliphatic hydroxyl groups excluding tert-OH is 4. The number of ether oxygens (including phenoxy) is 2. The Hall–Kier alpha value is -1.38. The molecule has 0 radical (unpaired) electrons. The van der Waals surface area contributed by atoms with Gasteiger partial charge in [0.05, 0.1) is 6.61 Å². The highest BCUT2D eigenvalue weighted by Crippen LogP contribution is 2.30. The average molecular weight is 286 g/mol. The summed E-state index contributed by atoms with van der Waals surface area (Å²) in [5.41, 5.74) is 0.449. The zero-order valence-electron chi connectivity index (χ0n) is 10.9. The van der Waals surface area contributed by atoms with Gasteiger partial charge in [-0.05, 0) is 19.1 Å². The van der Waals surface area contributed by atoms with Gasteiger partial charge in [0, 0.05) is 5.56 Å². The van der Waals surface area contributed by atoms with Crippen molar-refractivity contribution in [3.8, 4) is 11.5 Å². The summed E-state index contributed by atoms with van der Waals surface area (Å²) >= 11 is 0. The van der Waals surface area contributed by atoms with E-state index in [4.69, 9.17) is 14.6 Å². The number of aliphatic hydroxyl groups is 4. The molecule has 1 fully saturated rings. The monoisotopic (exact) mass is 286 g/mol. The summed E-state index contributed by atoms with van der Waals surface area (Å²) in [4.78, 5) is 0. The third kappa shape index (κ3) is 2.72. The molecule has 0 spiro atoms. The Labute approximate surface area is 115 Å². The fourth-order valence-corrected chi connectivity index (χ4v) is 2.02.